The average molecular weight is 571 g/mol. The third-order valence-electron chi connectivity index (χ3n) is 4.44. The zero-order chi connectivity index (χ0) is 24.0. The van der Waals surface area contributed by atoms with E-state index in [1.54, 1.807) is 48.5 Å². The van der Waals surface area contributed by atoms with Crippen LogP contribution in [-0.4, -0.2) is 36.5 Å². The Morgan fingerprint density at radius 3 is 2.42 bits per heavy atom. The largest absolute Gasteiger partial charge is 0.507 e. The molecule has 0 saturated heterocycles. The lowest BCUT2D eigenvalue weighted by molar-refractivity contribution is -0.121. The zero-order valence-corrected chi connectivity index (χ0v) is 20.9. The molecule has 0 spiro atoms. The number of benzene rings is 3. The zero-order valence-electron chi connectivity index (χ0n) is 17.0. The summed E-state index contributed by atoms with van der Waals surface area (Å²) < 4.78 is 28.3. The van der Waals surface area contributed by atoms with Gasteiger partial charge >= 0.3 is 0 Å². The Kier molecular flexibility index (Phi) is 8.50. The van der Waals surface area contributed by atoms with Crippen LogP contribution in [0.1, 0.15) is 11.1 Å². The molecule has 11 heteroatoms. The second kappa shape index (κ2) is 11.1. The Hall–Kier alpha value is -2.43. The van der Waals surface area contributed by atoms with Crippen molar-refractivity contribution in [1.29, 1.82) is 0 Å². The van der Waals surface area contributed by atoms with Crippen molar-refractivity contribution in [3.63, 3.8) is 0 Å². The fourth-order valence-corrected chi connectivity index (χ4v) is 4.76. The van der Waals surface area contributed by atoms with Crippen molar-refractivity contribution in [2.75, 3.05) is 6.54 Å². The van der Waals surface area contributed by atoms with E-state index in [1.165, 1.54) is 24.4 Å². The SMILES string of the molecule is O=C(CN(Cc1ccc(Cl)c(Cl)c1)S(=O)(=O)c1ccc(Br)cc1)N/N=C/c1ccccc1O. The number of aromatic hydroxyl groups is 1. The number of phenolic OH excluding ortho intramolecular Hbond substituents is 1. The second-order valence-corrected chi connectivity index (χ2v) is 10.5. The predicted octanol–water partition coefficient (Wildman–Crippen LogP) is 4.80. The van der Waals surface area contributed by atoms with Crippen LogP contribution in [0, 0.1) is 0 Å². The van der Waals surface area contributed by atoms with Gasteiger partial charge in [0.15, 0.2) is 0 Å². The van der Waals surface area contributed by atoms with Gasteiger partial charge in [-0.3, -0.25) is 4.79 Å². The van der Waals surface area contributed by atoms with Gasteiger partial charge in [-0.15, -0.1) is 0 Å². The summed E-state index contributed by atoms with van der Waals surface area (Å²) in [6, 6.07) is 17.3. The third-order valence-corrected chi connectivity index (χ3v) is 7.52. The van der Waals surface area contributed by atoms with E-state index in [2.05, 4.69) is 26.5 Å². The third kappa shape index (κ3) is 6.78. The van der Waals surface area contributed by atoms with E-state index in [0.717, 1.165) is 4.31 Å². The summed E-state index contributed by atoms with van der Waals surface area (Å²) in [6.45, 7) is -0.622. The molecule has 0 atom stereocenters. The number of nitrogens with one attached hydrogen (secondary N) is 1. The van der Waals surface area contributed by atoms with E-state index < -0.39 is 22.5 Å². The number of halogens is 3. The normalized spacial score (nSPS) is 11.8. The van der Waals surface area contributed by atoms with Crippen LogP contribution in [0.15, 0.2) is 81.2 Å². The number of nitrogens with zero attached hydrogens (tertiary/aromatic N) is 2. The van der Waals surface area contributed by atoms with Gasteiger partial charge in [0.2, 0.25) is 10.0 Å². The summed E-state index contributed by atoms with van der Waals surface area (Å²) in [5.74, 6) is -0.669. The summed E-state index contributed by atoms with van der Waals surface area (Å²) >= 11 is 15.3. The summed E-state index contributed by atoms with van der Waals surface area (Å²) in [7, 11) is -4.03. The van der Waals surface area contributed by atoms with Crippen LogP contribution in [0.4, 0.5) is 0 Å². The van der Waals surface area contributed by atoms with Gasteiger partial charge in [0.25, 0.3) is 5.91 Å². The highest BCUT2D eigenvalue weighted by atomic mass is 79.9. The Morgan fingerprint density at radius 1 is 1.06 bits per heavy atom. The van der Waals surface area contributed by atoms with E-state index in [4.69, 9.17) is 23.2 Å². The lowest BCUT2D eigenvalue weighted by atomic mass is 10.2. The minimum Gasteiger partial charge on any atom is -0.507 e. The first kappa shape index (κ1) is 25.2. The topological polar surface area (TPSA) is 99.1 Å². The molecule has 2 N–H and O–H groups in total. The number of phenols is 1. The monoisotopic (exact) mass is 569 g/mol. The van der Waals surface area contributed by atoms with Crippen molar-refractivity contribution < 1.29 is 18.3 Å². The summed E-state index contributed by atoms with van der Waals surface area (Å²) in [5, 5.41) is 14.2. The molecular weight excluding hydrogens is 553 g/mol. The molecule has 0 saturated carbocycles. The number of hydrogen-bond donors (Lipinski definition) is 2. The molecule has 0 aliphatic heterocycles. The maximum Gasteiger partial charge on any atom is 0.255 e. The van der Waals surface area contributed by atoms with Gasteiger partial charge in [0, 0.05) is 16.6 Å². The molecule has 3 aromatic rings. The molecular formula is C22H18BrCl2N3O4S. The van der Waals surface area contributed by atoms with E-state index in [0.29, 0.717) is 20.6 Å². The van der Waals surface area contributed by atoms with Gasteiger partial charge in [-0.1, -0.05) is 57.3 Å². The first-order valence-corrected chi connectivity index (χ1v) is 12.5. The number of carbonyl (C=O) groups is 1. The molecule has 0 fully saturated rings. The van der Waals surface area contributed by atoms with Crippen molar-refractivity contribution >= 4 is 61.3 Å². The smallest absolute Gasteiger partial charge is 0.255 e. The number of hydrazone groups is 1. The van der Waals surface area contributed by atoms with Crippen LogP contribution in [-0.2, 0) is 21.4 Å². The molecule has 172 valence electrons. The Morgan fingerprint density at radius 2 is 1.76 bits per heavy atom. The molecule has 3 rings (SSSR count). The summed E-state index contributed by atoms with van der Waals surface area (Å²) in [4.78, 5) is 12.5. The van der Waals surface area contributed by atoms with Crippen molar-refractivity contribution in [2.45, 2.75) is 11.4 Å². The first-order valence-electron chi connectivity index (χ1n) is 9.46. The van der Waals surface area contributed by atoms with Gasteiger partial charge in [-0.25, -0.2) is 13.8 Å². The van der Waals surface area contributed by atoms with Gasteiger partial charge in [-0.2, -0.15) is 9.41 Å². The predicted molar refractivity (Wildman–Crippen MR) is 132 cm³/mol. The number of para-hydroxylation sites is 1. The van der Waals surface area contributed by atoms with Gasteiger partial charge < -0.3 is 5.11 Å². The first-order chi connectivity index (χ1) is 15.7. The highest BCUT2D eigenvalue weighted by Gasteiger charge is 2.27. The molecule has 0 heterocycles. The number of hydrogen-bond acceptors (Lipinski definition) is 5. The number of carbonyl (C=O) groups excluding carboxylic acids is 1. The average Bonchev–Trinajstić information content (AvgIpc) is 2.77. The van der Waals surface area contributed by atoms with Crippen LogP contribution < -0.4 is 5.43 Å². The van der Waals surface area contributed by atoms with E-state index in [9.17, 15) is 18.3 Å². The van der Waals surface area contributed by atoms with Crippen molar-refractivity contribution in [3.05, 3.63) is 92.4 Å². The van der Waals surface area contributed by atoms with Crippen LogP contribution in [0.2, 0.25) is 10.0 Å². The van der Waals surface area contributed by atoms with Gasteiger partial charge in [0.1, 0.15) is 5.75 Å². The van der Waals surface area contributed by atoms with Gasteiger partial charge in [-0.05, 0) is 54.1 Å². The molecule has 33 heavy (non-hydrogen) atoms. The molecule has 7 nitrogen and oxygen atoms in total. The van der Waals surface area contributed by atoms with E-state index >= 15 is 0 Å². The van der Waals surface area contributed by atoms with Crippen LogP contribution in [0.5, 0.6) is 5.75 Å². The fourth-order valence-electron chi connectivity index (χ4n) is 2.79. The summed E-state index contributed by atoms with van der Waals surface area (Å²) in [6.07, 6.45) is 1.26. The van der Waals surface area contributed by atoms with Crippen molar-refractivity contribution in [1.82, 2.24) is 9.73 Å². The molecule has 0 bridgehead atoms. The molecule has 0 aliphatic rings. The Balaban J connectivity index is 1.82. The number of rotatable bonds is 8. The van der Waals surface area contributed by atoms with E-state index in [-0.39, 0.29) is 22.2 Å². The van der Waals surface area contributed by atoms with Crippen LogP contribution in [0.25, 0.3) is 0 Å². The minimum absolute atomic E-state index is 0.00504. The maximum atomic E-state index is 13.3. The maximum absolute atomic E-state index is 13.3. The number of sulfonamides is 1. The second-order valence-electron chi connectivity index (χ2n) is 6.83. The summed E-state index contributed by atoms with van der Waals surface area (Å²) in [5.41, 5.74) is 3.23. The fraction of sp³-hybridized carbons (Fsp3) is 0.0909. The standard InChI is InChI=1S/C22H18BrCl2N3O4S/c23-17-6-8-18(9-7-17)33(31,32)28(13-15-5-10-19(24)20(25)11-15)14-22(30)27-26-12-16-3-1-2-4-21(16)29/h1-12,29H,13-14H2,(H,27,30)/b26-12+. The molecule has 1 amide bonds. The highest BCUT2D eigenvalue weighted by molar-refractivity contribution is 9.10. The Labute approximate surface area is 209 Å². The van der Waals surface area contributed by atoms with Gasteiger partial charge in [0.05, 0.1) is 27.7 Å². The Bertz CT molecular complexity index is 1290. The molecule has 0 aromatic heterocycles. The highest BCUT2D eigenvalue weighted by Crippen LogP contribution is 2.25. The quantitative estimate of drug-likeness (QED) is 0.300. The lowest BCUT2D eigenvalue weighted by Gasteiger charge is -2.22. The molecule has 0 unspecified atom stereocenters. The van der Waals surface area contributed by atoms with Crippen LogP contribution >= 0.6 is 39.1 Å². The lowest BCUT2D eigenvalue weighted by Crippen LogP contribution is -2.39. The van der Waals surface area contributed by atoms with Crippen LogP contribution in [0.3, 0.4) is 0 Å². The van der Waals surface area contributed by atoms with Crippen molar-refractivity contribution in [3.8, 4) is 5.75 Å². The minimum atomic E-state index is -4.03. The molecule has 0 aliphatic carbocycles. The molecule has 3 aromatic carbocycles. The molecule has 0 radical (unpaired) electrons. The number of amides is 1. The van der Waals surface area contributed by atoms with Crippen molar-refractivity contribution in [2.24, 2.45) is 5.10 Å². The van der Waals surface area contributed by atoms with E-state index in [1.807, 2.05) is 0 Å².